The van der Waals surface area contributed by atoms with Crippen LogP contribution in [0.1, 0.15) is 11.1 Å². The Kier molecular flexibility index (Phi) is 4.55. The molecule has 0 aliphatic heterocycles. The molecule has 0 saturated carbocycles. The Bertz CT molecular complexity index is 582. The third-order valence-electron chi connectivity index (χ3n) is 2.76. The van der Waals surface area contributed by atoms with Crippen LogP contribution >= 0.6 is 0 Å². The van der Waals surface area contributed by atoms with Gasteiger partial charge in [0.2, 0.25) is 5.88 Å². The summed E-state index contributed by atoms with van der Waals surface area (Å²) in [4.78, 5) is 15.8. The smallest absolute Gasteiger partial charge is 0.310 e. The van der Waals surface area contributed by atoms with Crippen LogP contribution in [0.25, 0.3) is 0 Å². The lowest BCUT2D eigenvalue weighted by molar-refractivity contribution is -0.144. The van der Waals surface area contributed by atoms with Crippen LogP contribution < -0.4 is 10.5 Å². The molecule has 2 aromatic rings. The first-order valence-electron chi connectivity index (χ1n) is 6.17. The van der Waals surface area contributed by atoms with E-state index in [1.807, 2.05) is 6.07 Å². The van der Waals surface area contributed by atoms with Gasteiger partial charge in [-0.1, -0.05) is 12.1 Å². The minimum Gasteiger partial charge on any atom is -0.481 e. The SMILES string of the molecule is COc1ncccc1COC(=O)Cc1ccc(N)cc1. The van der Waals surface area contributed by atoms with Gasteiger partial charge in [0.15, 0.2) is 0 Å². The second-order valence-electron chi connectivity index (χ2n) is 4.25. The van der Waals surface area contributed by atoms with Crippen LogP contribution in [0, 0.1) is 0 Å². The highest BCUT2D eigenvalue weighted by atomic mass is 16.5. The van der Waals surface area contributed by atoms with E-state index in [1.165, 1.54) is 7.11 Å². The van der Waals surface area contributed by atoms with Crippen LogP contribution in [-0.2, 0) is 22.6 Å². The maximum atomic E-state index is 11.8. The Morgan fingerprint density at radius 1 is 1.25 bits per heavy atom. The summed E-state index contributed by atoms with van der Waals surface area (Å²) in [6.45, 7) is 0.144. The molecule has 0 saturated heterocycles. The fraction of sp³-hybridized carbons (Fsp3) is 0.200. The number of rotatable bonds is 5. The lowest BCUT2D eigenvalue weighted by atomic mass is 10.1. The van der Waals surface area contributed by atoms with Gasteiger partial charge in [0, 0.05) is 11.9 Å². The molecule has 20 heavy (non-hydrogen) atoms. The molecule has 0 aliphatic carbocycles. The summed E-state index contributed by atoms with van der Waals surface area (Å²) in [5.74, 6) is 0.161. The number of pyridine rings is 1. The van der Waals surface area contributed by atoms with E-state index in [1.54, 1.807) is 36.5 Å². The Labute approximate surface area is 117 Å². The van der Waals surface area contributed by atoms with Crippen molar-refractivity contribution in [1.82, 2.24) is 4.98 Å². The van der Waals surface area contributed by atoms with Crippen molar-refractivity contribution in [3.05, 3.63) is 53.7 Å². The zero-order valence-corrected chi connectivity index (χ0v) is 11.2. The van der Waals surface area contributed by atoms with Gasteiger partial charge in [-0.15, -0.1) is 0 Å². The van der Waals surface area contributed by atoms with Gasteiger partial charge in [0.25, 0.3) is 0 Å². The molecule has 1 heterocycles. The Balaban J connectivity index is 1.90. The molecular weight excluding hydrogens is 256 g/mol. The second kappa shape index (κ2) is 6.56. The number of nitrogen functional groups attached to an aromatic ring is 1. The summed E-state index contributed by atoms with van der Waals surface area (Å²) in [6, 6.07) is 10.7. The molecule has 5 nitrogen and oxygen atoms in total. The zero-order chi connectivity index (χ0) is 14.4. The number of benzene rings is 1. The van der Waals surface area contributed by atoms with Gasteiger partial charge in [0.05, 0.1) is 19.1 Å². The van der Waals surface area contributed by atoms with Gasteiger partial charge in [-0.2, -0.15) is 0 Å². The molecule has 0 fully saturated rings. The first kappa shape index (κ1) is 13.9. The van der Waals surface area contributed by atoms with Gasteiger partial charge in [-0.05, 0) is 29.8 Å². The molecule has 5 heteroatoms. The topological polar surface area (TPSA) is 74.4 Å². The summed E-state index contributed by atoms with van der Waals surface area (Å²) in [6.07, 6.45) is 1.83. The minimum atomic E-state index is -0.305. The van der Waals surface area contributed by atoms with E-state index in [9.17, 15) is 4.79 Å². The number of carbonyl (C=O) groups excluding carboxylic acids is 1. The molecule has 0 bridgehead atoms. The van der Waals surface area contributed by atoms with Crippen LogP contribution in [0.15, 0.2) is 42.6 Å². The third kappa shape index (κ3) is 3.71. The van der Waals surface area contributed by atoms with E-state index in [0.29, 0.717) is 11.6 Å². The Morgan fingerprint density at radius 3 is 2.70 bits per heavy atom. The fourth-order valence-electron chi connectivity index (χ4n) is 1.73. The molecule has 0 amide bonds. The van der Waals surface area contributed by atoms with E-state index < -0.39 is 0 Å². The predicted octanol–water partition coefficient (Wildman–Crippen LogP) is 1.96. The molecular formula is C15H16N2O3. The monoisotopic (exact) mass is 272 g/mol. The molecule has 1 aromatic heterocycles. The van der Waals surface area contributed by atoms with E-state index in [4.69, 9.17) is 15.2 Å². The number of hydrogen-bond acceptors (Lipinski definition) is 5. The molecule has 0 radical (unpaired) electrons. The summed E-state index contributed by atoms with van der Waals surface area (Å²) in [5.41, 5.74) is 7.86. The van der Waals surface area contributed by atoms with Crippen molar-refractivity contribution in [2.45, 2.75) is 13.0 Å². The predicted molar refractivity (Wildman–Crippen MR) is 75.1 cm³/mol. The molecule has 1 aromatic carbocycles. The van der Waals surface area contributed by atoms with Gasteiger partial charge >= 0.3 is 5.97 Å². The lowest BCUT2D eigenvalue weighted by Crippen LogP contribution is -2.09. The Hall–Kier alpha value is -2.56. The molecule has 0 spiro atoms. The van der Waals surface area contributed by atoms with Crippen molar-refractivity contribution in [2.75, 3.05) is 12.8 Å². The van der Waals surface area contributed by atoms with Gasteiger partial charge < -0.3 is 15.2 Å². The Morgan fingerprint density at radius 2 is 2.00 bits per heavy atom. The van der Waals surface area contributed by atoms with Crippen molar-refractivity contribution in [1.29, 1.82) is 0 Å². The van der Waals surface area contributed by atoms with Crippen molar-refractivity contribution in [2.24, 2.45) is 0 Å². The average molecular weight is 272 g/mol. The molecule has 0 aliphatic rings. The number of anilines is 1. The number of carbonyl (C=O) groups is 1. The van der Waals surface area contributed by atoms with Crippen LogP contribution in [-0.4, -0.2) is 18.1 Å². The normalized spacial score (nSPS) is 10.1. The number of nitrogens with two attached hydrogens (primary N) is 1. The molecule has 2 rings (SSSR count). The molecule has 2 N–H and O–H groups in total. The number of hydrogen-bond donors (Lipinski definition) is 1. The number of nitrogens with zero attached hydrogens (tertiary/aromatic N) is 1. The van der Waals surface area contributed by atoms with Crippen LogP contribution in [0.2, 0.25) is 0 Å². The maximum absolute atomic E-state index is 11.8. The molecule has 104 valence electrons. The second-order valence-corrected chi connectivity index (χ2v) is 4.25. The van der Waals surface area contributed by atoms with Gasteiger partial charge in [-0.3, -0.25) is 4.79 Å². The van der Waals surface area contributed by atoms with Crippen LogP contribution in [0.5, 0.6) is 5.88 Å². The van der Waals surface area contributed by atoms with Crippen LogP contribution in [0.3, 0.4) is 0 Å². The van der Waals surface area contributed by atoms with Crippen molar-refractivity contribution in [3.8, 4) is 5.88 Å². The average Bonchev–Trinajstić information content (AvgIpc) is 2.48. The van der Waals surface area contributed by atoms with Crippen molar-refractivity contribution < 1.29 is 14.3 Å². The quantitative estimate of drug-likeness (QED) is 0.665. The van der Waals surface area contributed by atoms with E-state index in [2.05, 4.69) is 4.98 Å². The minimum absolute atomic E-state index is 0.144. The van der Waals surface area contributed by atoms with Crippen molar-refractivity contribution in [3.63, 3.8) is 0 Å². The first-order valence-corrected chi connectivity index (χ1v) is 6.17. The first-order chi connectivity index (χ1) is 9.69. The van der Waals surface area contributed by atoms with Gasteiger partial charge in [-0.25, -0.2) is 4.98 Å². The molecule has 0 unspecified atom stereocenters. The number of methoxy groups -OCH3 is 1. The van der Waals surface area contributed by atoms with Gasteiger partial charge in [0.1, 0.15) is 6.61 Å². The zero-order valence-electron chi connectivity index (χ0n) is 11.2. The number of aromatic nitrogens is 1. The maximum Gasteiger partial charge on any atom is 0.310 e. The lowest BCUT2D eigenvalue weighted by Gasteiger charge is -2.08. The van der Waals surface area contributed by atoms with E-state index in [-0.39, 0.29) is 19.0 Å². The number of ether oxygens (including phenoxy) is 2. The fourth-order valence-corrected chi connectivity index (χ4v) is 1.73. The van der Waals surface area contributed by atoms with E-state index in [0.717, 1.165) is 11.1 Å². The van der Waals surface area contributed by atoms with Crippen LogP contribution in [0.4, 0.5) is 5.69 Å². The summed E-state index contributed by atoms with van der Waals surface area (Å²) in [7, 11) is 1.53. The number of esters is 1. The highest BCUT2D eigenvalue weighted by Gasteiger charge is 2.08. The molecule has 0 atom stereocenters. The highest BCUT2D eigenvalue weighted by Crippen LogP contribution is 2.15. The third-order valence-corrected chi connectivity index (χ3v) is 2.76. The largest absolute Gasteiger partial charge is 0.481 e. The summed E-state index contributed by atoms with van der Waals surface area (Å²) < 4.78 is 10.3. The standard InChI is InChI=1S/C15H16N2O3/c1-19-15-12(3-2-8-17-15)10-20-14(18)9-11-4-6-13(16)7-5-11/h2-8H,9-10,16H2,1H3. The summed E-state index contributed by atoms with van der Waals surface area (Å²) >= 11 is 0. The highest BCUT2D eigenvalue weighted by molar-refractivity contribution is 5.72. The van der Waals surface area contributed by atoms with E-state index >= 15 is 0 Å². The van der Waals surface area contributed by atoms with Crippen molar-refractivity contribution >= 4 is 11.7 Å². The summed E-state index contributed by atoms with van der Waals surface area (Å²) in [5, 5.41) is 0.